The number of hydrogen-bond acceptors (Lipinski definition) is 4. The Labute approximate surface area is 126 Å². The molecule has 0 radical (unpaired) electrons. The lowest BCUT2D eigenvalue weighted by molar-refractivity contribution is 0.627. The maximum atomic E-state index is 14.4. The highest BCUT2D eigenvalue weighted by Crippen LogP contribution is 2.30. The van der Waals surface area contributed by atoms with E-state index in [2.05, 4.69) is 9.36 Å². The Balaban J connectivity index is 1.94. The minimum atomic E-state index is -0.233. The van der Waals surface area contributed by atoms with Gasteiger partial charge in [-0.25, -0.2) is 9.37 Å². The fraction of sp³-hybridized carbons (Fsp3) is 0.125. The normalized spacial score (nSPS) is 12.3. The molecule has 3 rings (SSSR count). The molecule has 106 valence electrons. The second kappa shape index (κ2) is 5.61. The van der Waals surface area contributed by atoms with Crippen molar-refractivity contribution in [3.05, 3.63) is 64.9 Å². The van der Waals surface area contributed by atoms with Gasteiger partial charge in [-0.1, -0.05) is 49.4 Å². The van der Waals surface area contributed by atoms with Crippen molar-refractivity contribution in [1.82, 2.24) is 9.36 Å². The van der Waals surface area contributed by atoms with Crippen LogP contribution in [-0.4, -0.2) is 9.36 Å². The highest BCUT2D eigenvalue weighted by Gasteiger charge is 2.15. The van der Waals surface area contributed by atoms with Crippen molar-refractivity contribution in [1.29, 1.82) is 0 Å². The molecule has 0 bridgehead atoms. The molecule has 2 aromatic carbocycles. The average molecular weight is 299 g/mol. The monoisotopic (exact) mass is 299 g/mol. The van der Waals surface area contributed by atoms with Crippen molar-refractivity contribution in [2.45, 2.75) is 12.8 Å². The maximum Gasteiger partial charge on any atom is 0.232 e. The number of nitrogens with zero attached hydrogens (tertiary/aromatic N) is 2. The van der Waals surface area contributed by atoms with Crippen molar-refractivity contribution in [3.63, 3.8) is 0 Å². The summed E-state index contributed by atoms with van der Waals surface area (Å²) in [7, 11) is 0. The predicted molar refractivity (Wildman–Crippen MR) is 83.7 cm³/mol. The van der Waals surface area contributed by atoms with Crippen LogP contribution in [0.15, 0.2) is 48.5 Å². The van der Waals surface area contributed by atoms with Gasteiger partial charge in [0, 0.05) is 11.5 Å². The van der Waals surface area contributed by atoms with Gasteiger partial charge in [-0.2, -0.15) is 4.37 Å². The number of hydrogen-bond donors (Lipinski definition) is 1. The zero-order chi connectivity index (χ0) is 14.8. The lowest BCUT2D eigenvalue weighted by Crippen LogP contribution is -1.98. The summed E-state index contributed by atoms with van der Waals surface area (Å²) in [4.78, 5) is 4.16. The summed E-state index contributed by atoms with van der Waals surface area (Å²) >= 11 is 1.25. The van der Waals surface area contributed by atoms with Crippen molar-refractivity contribution in [2.75, 3.05) is 5.73 Å². The van der Waals surface area contributed by atoms with Crippen LogP contribution in [0, 0.1) is 5.82 Å². The second-order valence-electron chi connectivity index (χ2n) is 4.82. The molecular weight excluding hydrogens is 285 g/mol. The number of halogens is 1. The van der Waals surface area contributed by atoms with Crippen molar-refractivity contribution in [2.24, 2.45) is 0 Å². The molecule has 0 spiro atoms. The van der Waals surface area contributed by atoms with Crippen molar-refractivity contribution < 1.29 is 4.39 Å². The van der Waals surface area contributed by atoms with Gasteiger partial charge >= 0.3 is 0 Å². The van der Waals surface area contributed by atoms with Gasteiger partial charge in [0.25, 0.3) is 0 Å². The smallest absolute Gasteiger partial charge is 0.232 e. The summed E-state index contributed by atoms with van der Waals surface area (Å²) in [6, 6.07) is 14.8. The fourth-order valence-corrected chi connectivity index (χ4v) is 2.87. The Morgan fingerprint density at radius 2 is 1.90 bits per heavy atom. The number of benzene rings is 2. The Bertz CT molecular complexity index is 755. The van der Waals surface area contributed by atoms with E-state index in [1.54, 1.807) is 12.1 Å². The minimum Gasteiger partial charge on any atom is -0.367 e. The standard InChI is InChI=1S/C16H14FN3S/c1-10(15-19-16(18)20-21-15)12-7-8-13(14(17)9-12)11-5-3-2-4-6-11/h2-10H,1H3,(H2,18,20). The van der Waals surface area contributed by atoms with Crippen LogP contribution in [0.2, 0.25) is 0 Å². The molecular formula is C16H14FN3S. The molecule has 0 amide bonds. The Kier molecular flexibility index (Phi) is 3.66. The summed E-state index contributed by atoms with van der Waals surface area (Å²) < 4.78 is 18.3. The van der Waals surface area contributed by atoms with E-state index in [4.69, 9.17) is 5.73 Å². The SMILES string of the molecule is CC(c1ccc(-c2ccccc2)c(F)c1)c1nc(N)ns1. The number of nitrogens with two attached hydrogens (primary N) is 1. The molecule has 1 atom stereocenters. The van der Waals surface area contributed by atoms with E-state index >= 15 is 0 Å². The number of anilines is 1. The molecule has 0 aliphatic rings. The van der Waals surface area contributed by atoms with E-state index in [-0.39, 0.29) is 17.7 Å². The zero-order valence-electron chi connectivity index (χ0n) is 11.5. The third-order valence-corrected chi connectivity index (χ3v) is 4.32. The van der Waals surface area contributed by atoms with Crippen molar-refractivity contribution in [3.8, 4) is 11.1 Å². The van der Waals surface area contributed by atoms with Gasteiger partial charge < -0.3 is 5.73 Å². The van der Waals surface area contributed by atoms with Gasteiger partial charge in [0.15, 0.2) is 0 Å². The van der Waals surface area contributed by atoms with Crippen LogP contribution in [0.4, 0.5) is 10.3 Å². The fourth-order valence-electron chi connectivity index (χ4n) is 2.22. The molecule has 0 fully saturated rings. The van der Waals surface area contributed by atoms with Gasteiger partial charge in [-0.3, -0.25) is 0 Å². The molecule has 1 unspecified atom stereocenters. The number of rotatable bonds is 3. The number of nitrogen functional groups attached to an aromatic ring is 1. The van der Waals surface area contributed by atoms with Crippen molar-refractivity contribution >= 4 is 17.5 Å². The summed E-state index contributed by atoms with van der Waals surface area (Å²) in [5.41, 5.74) is 7.87. The van der Waals surface area contributed by atoms with Crippen LogP contribution in [0.25, 0.3) is 11.1 Å². The molecule has 3 nitrogen and oxygen atoms in total. The van der Waals surface area contributed by atoms with Crippen LogP contribution < -0.4 is 5.73 Å². The summed E-state index contributed by atoms with van der Waals surface area (Å²) in [6.45, 7) is 1.97. The second-order valence-corrected chi connectivity index (χ2v) is 5.60. The highest BCUT2D eigenvalue weighted by molar-refractivity contribution is 7.05. The number of aromatic nitrogens is 2. The van der Waals surface area contributed by atoms with Gasteiger partial charge in [0.1, 0.15) is 10.8 Å². The minimum absolute atomic E-state index is 0.0286. The van der Waals surface area contributed by atoms with E-state index in [9.17, 15) is 4.39 Å². The first-order valence-corrected chi connectivity index (χ1v) is 7.36. The molecule has 0 saturated heterocycles. The quantitative estimate of drug-likeness (QED) is 0.793. The van der Waals surface area contributed by atoms with Crippen LogP contribution in [0.3, 0.4) is 0 Å². The Morgan fingerprint density at radius 1 is 1.14 bits per heavy atom. The predicted octanol–water partition coefficient (Wildman–Crippen LogP) is 4.08. The first kappa shape index (κ1) is 13.7. The molecule has 5 heteroatoms. The summed E-state index contributed by atoms with van der Waals surface area (Å²) in [6.07, 6.45) is 0. The molecule has 3 aromatic rings. The Morgan fingerprint density at radius 3 is 2.52 bits per heavy atom. The van der Waals surface area contributed by atoms with Crippen LogP contribution in [-0.2, 0) is 0 Å². The lowest BCUT2D eigenvalue weighted by Gasteiger charge is -2.10. The first-order valence-electron chi connectivity index (χ1n) is 6.59. The van der Waals surface area contributed by atoms with E-state index in [1.165, 1.54) is 11.5 Å². The molecule has 0 aliphatic heterocycles. The molecule has 1 aromatic heterocycles. The molecule has 1 heterocycles. The zero-order valence-corrected chi connectivity index (χ0v) is 12.3. The maximum absolute atomic E-state index is 14.4. The molecule has 2 N–H and O–H groups in total. The van der Waals surface area contributed by atoms with Gasteiger partial charge in [-0.15, -0.1) is 0 Å². The van der Waals surface area contributed by atoms with Crippen LogP contribution in [0.5, 0.6) is 0 Å². The molecule has 0 aliphatic carbocycles. The molecule has 21 heavy (non-hydrogen) atoms. The van der Waals surface area contributed by atoms with Gasteiger partial charge in [0.05, 0.1) is 0 Å². The van der Waals surface area contributed by atoms with Crippen LogP contribution in [0.1, 0.15) is 23.4 Å². The third kappa shape index (κ3) is 2.78. The van der Waals surface area contributed by atoms with Gasteiger partial charge in [-0.05, 0) is 28.7 Å². The Hall–Kier alpha value is -2.27. The first-order chi connectivity index (χ1) is 10.1. The van der Waals surface area contributed by atoms with E-state index in [0.717, 1.165) is 16.1 Å². The summed E-state index contributed by atoms with van der Waals surface area (Å²) in [5.74, 6) is 0.00499. The largest absolute Gasteiger partial charge is 0.367 e. The summed E-state index contributed by atoms with van der Waals surface area (Å²) in [5, 5.41) is 0.791. The van der Waals surface area contributed by atoms with E-state index < -0.39 is 0 Å². The topological polar surface area (TPSA) is 51.8 Å². The lowest BCUT2D eigenvalue weighted by atomic mass is 9.97. The van der Waals surface area contributed by atoms with Gasteiger partial charge in [0.2, 0.25) is 5.95 Å². The molecule has 0 saturated carbocycles. The average Bonchev–Trinajstić information content (AvgIpc) is 2.94. The van der Waals surface area contributed by atoms with Crippen LogP contribution >= 0.6 is 11.5 Å². The van der Waals surface area contributed by atoms with E-state index in [1.807, 2.05) is 43.3 Å². The third-order valence-electron chi connectivity index (χ3n) is 3.41. The van der Waals surface area contributed by atoms with E-state index in [0.29, 0.717) is 5.56 Å². The highest BCUT2D eigenvalue weighted by atomic mass is 32.1.